The van der Waals surface area contributed by atoms with Crippen LogP contribution in [-0.4, -0.2) is 135 Å². The number of para-hydroxylation sites is 1. The van der Waals surface area contributed by atoms with Crippen LogP contribution in [0.5, 0.6) is 5.75 Å². The van der Waals surface area contributed by atoms with Crippen LogP contribution in [0.3, 0.4) is 0 Å². The molecule has 0 spiro atoms. The first kappa shape index (κ1) is 60.7. The third-order valence-corrected chi connectivity index (χ3v) is 13.6. The van der Waals surface area contributed by atoms with Crippen LogP contribution in [0.4, 0.5) is 0 Å². The highest BCUT2D eigenvalue weighted by molar-refractivity contribution is 7.80. The average molecular weight is 1100 g/mol. The summed E-state index contributed by atoms with van der Waals surface area (Å²) in [6.07, 6.45) is 1.12. The molecule has 21 nitrogen and oxygen atoms in total. The van der Waals surface area contributed by atoms with E-state index >= 15 is 0 Å². The number of nitrogens with two attached hydrogens (primary N) is 3. The fraction of sp³-hybridized carbons (Fsp3) is 0.407. The molecule has 0 radical (unpaired) electrons. The summed E-state index contributed by atoms with van der Waals surface area (Å²) in [5.74, 6) is -7.51. The van der Waals surface area contributed by atoms with Gasteiger partial charge in [0.2, 0.25) is 47.3 Å². The summed E-state index contributed by atoms with van der Waals surface area (Å²) >= 11 is 8.54. The standard InChI is InChI=1S/C54H71N11O10S2/c1-29(2)45(54(75)63-44(28-77)53(74)65-46(30(3)66)47(57)68)64-49(70)40(14-8-9-21-55)59-51(72)42(25-35-26-58-39-13-7-6-12-37(35)39)61-50(71)41(24-31-16-19-36(67)20-17-31)60-52(73)43(27-76)62-48(69)38(56)23-32-15-18-33-10-4-5-11-34(33)22-32/h4-7,10-13,15-20,22,26,29-30,38,40-46,58,66-67,76-77H,8-9,14,21,23-25,27-28,55-56H2,1-3H3,(H2,57,68)(H,59,72)(H,60,73)(H,61,71)(H,62,69)(H,63,75)(H,64,70)(H,65,74)/t30-,38+,40-,41-,42+,43-,44-,45-,46-/m0/s1. The van der Waals surface area contributed by atoms with Crippen molar-refractivity contribution in [3.8, 4) is 5.75 Å². The number of primary amides is 1. The number of hydrogen-bond donors (Lipinski definition) is 15. The Morgan fingerprint density at radius 1 is 0.571 bits per heavy atom. The van der Waals surface area contributed by atoms with Crippen LogP contribution in [0.1, 0.15) is 56.7 Å². The van der Waals surface area contributed by atoms with E-state index in [0.29, 0.717) is 24.0 Å². The van der Waals surface area contributed by atoms with Crippen LogP contribution in [-0.2, 0) is 57.6 Å². The summed E-state index contributed by atoms with van der Waals surface area (Å²) in [5.41, 5.74) is 20.2. The lowest BCUT2D eigenvalue weighted by atomic mass is 10.00. The molecule has 5 rings (SSSR count). The highest BCUT2D eigenvalue weighted by Gasteiger charge is 2.36. The summed E-state index contributed by atoms with van der Waals surface area (Å²) in [7, 11) is 0. The van der Waals surface area contributed by atoms with E-state index < -0.39 is 108 Å². The number of carbonyl (C=O) groups excluding carboxylic acids is 8. The summed E-state index contributed by atoms with van der Waals surface area (Å²) in [4.78, 5) is 113. The maximum atomic E-state index is 14.8. The molecule has 4 aromatic carbocycles. The van der Waals surface area contributed by atoms with E-state index in [0.717, 1.165) is 27.2 Å². The van der Waals surface area contributed by atoms with E-state index in [4.69, 9.17) is 17.2 Å². The monoisotopic (exact) mass is 1100 g/mol. The number of aromatic hydroxyl groups is 1. The molecule has 414 valence electrons. The molecule has 0 fully saturated rings. The number of carbonyl (C=O) groups is 8. The molecule has 77 heavy (non-hydrogen) atoms. The minimum Gasteiger partial charge on any atom is -0.508 e. The summed E-state index contributed by atoms with van der Waals surface area (Å²) in [6.45, 7) is 4.81. The molecule has 0 unspecified atom stereocenters. The third kappa shape index (κ3) is 17.7. The molecule has 0 aliphatic heterocycles. The van der Waals surface area contributed by atoms with Crippen LogP contribution in [0.15, 0.2) is 97.2 Å². The number of hydrogen-bond acceptors (Lipinski definition) is 14. The van der Waals surface area contributed by atoms with E-state index in [9.17, 15) is 48.6 Å². The van der Waals surface area contributed by atoms with Crippen molar-refractivity contribution < 1.29 is 48.6 Å². The van der Waals surface area contributed by atoms with E-state index in [2.05, 4.69) is 67.5 Å². The molecule has 16 N–H and O–H groups in total. The molecular weight excluding hydrogens is 1030 g/mol. The van der Waals surface area contributed by atoms with Gasteiger partial charge in [-0.15, -0.1) is 0 Å². The molecule has 8 amide bonds. The van der Waals surface area contributed by atoms with Crippen molar-refractivity contribution in [3.63, 3.8) is 0 Å². The smallest absolute Gasteiger partial charge is 0.244 e. The number of benzene rings is 4. The molecule has 0 aliphatic rings. The predicted molar refractivity (Wildman–Crippen MR) is 299 cm³/mol. The second kappa shape index (κ2) is 29.4. The van der Waals surface area contributed by atoms with E-state index in [1.165, 1.54) is 19.1 Å². The van der Waals surface area contributed by atoms with Crippen molar-refractivity contribution in [2.45, 2.75) is 114 Å². The Kier molecular flexibility index (Phi) is 23.1. The number of phenols is 1. The van der Waals surface area contributed by atoms with Gasteiger partial charge >= 0.3 is 0 Å². The number of aromatic nitrogens is 1. The number of thiol groups is 2. The van der Waals surface area contributed by atoms with Crippen LogP contribution in [0.2, 0.25) is 0 Å². The number of amides is 8. The average Bonchev–Trinajstić information content (AvgIpc) is 3.82. The highest BCUT2D eigenvalue weighted by Crippen LogP contribution is 2.21. The molecule has 1 heterocycles. The number of rotatable bonds is 29. The fourth-order valence-corrected chi connectivity index (χ4v) is 9.01. The first-order valence-corrected chi connectivity index (χ1v) is 26.6. The molecule has 23 heteroatoms. The zero-order chi connectivity index (χ0) is 56.3. The molecule has 0 saturated heterocycles. The van der Waals surface area contributed by atoms with Crippen LogP contribution in [0.25, 0.3) is 21.7 Å². The maximum Gasteiger partial charge on any atom is 0.244 e. The number of H-pyrrole nitrogens is 1. The Morgan fingerprint density at radius 2 is 1.09 bits per heavy atom. The van der Waals surface area contributed by atoms with Crippen LogP contribution < -0.4 is 54.4 Å². The summed E-state index contributed by atoms with van der Waals surface area (Å²) < 4.78 is 0. The second-order valence-electron chi connectivity index (χ2n) is 19.2. The minimum absolute atomic E-state index is 0.0459. The molecule has 0 aliphatic carbocycles. The number of aliphatic hydroxyl groups excluding tert-OH is 1. The van der Waals surface area contributed by atoms with Gasteiger partial charge in [0.05, 0.1) is 12.1 Å². The lowest BCUT2D eigenvalue weighted by molar-refractivity contribution is -0.136. The summed E-state index contributed by atoms with van der Waals surface area (Å²) in [6, 6.07) is 16.2. The van der Waals surface area contributed by atoms with E-state index in [-0.39, 0.29) is 49.5 Å². The number of nitrogens with one attached hydrogen (secondary N) is 8. The van der Waals surface area contributed by atoms with Gasteiger partial charge in [-0.25, -0.2) is 0 Å². The van der Waals surface area contributed by atoms with Gasteiger partial charge in [-0.2, -0.15) is 25.3 Å². The molecule has 0 saturated carbocycles. The fourth-order valence-electron chi connectivity index (χ4n) is 8.50. The van der Waals surface area contributed by atoms with Crippen LogP contribution >= 0.6 is 25.3 Å². The first-order chi connectivity index (χ1) is 36.7. The van der Waals surface area contributed by atoms with Crippen molar-refractivity contribution in [1.82, 2.24) is 42.2 Å². The van der Waals surface area contributed by atoms with Crippen molar-refractivity contribution in [2.75, 3.05) is 18.1 Å². The lowest BCUT2D eigenvalue weighted by Crippen LogP contribution is -2.62. The number of unbranched alkanes of at least 4 members (excludes halogenated alkanes) is 1. The quantitative estimate of drug-likeness (QED) is 0.0227. The topological polar surface area (TPSA) is 355 Å². The molecular formula is C54H71N11O10S2. The SMILES string of the molecule is CC(C)[C@H](NC(=O)[C@H](CCCCN)NC(=O)[C@@H](Cc1c[nH]c2ccccc12)NC(=O)[C@H](Cc1ccc(O)cc1)NC(=O)[C@H](CS)NC(=O)[C@H](N)Cc1ccc2ccccc2c1)C(=O)N[C@@H](CS)C(=O)N[C@H](C(N)=O)[C@H](C)O. The summed E-state index contributed by atoms with van der Waals surface area (Å²) in [5, 5.41) is 41.3. The van der Waals surface area contributed by atoms with Gasteiger partial charge in [0.1, 0.15) is 48.0 Å². The largest absolute Gasteiger partial charge is 0.508 e. The number of aliphatic hydroxyl groups is 1. The van der Waals surface area contributed by atoms with E-state index in [1.807, 2.05) is 60.7 Å². The minimum atomic E-state index is -1.46. The van der Waals surface area contributed by atoms with Crippen molar-refractivity contribution in [2.24, 2.45) is 23.1 Å². The zero-order valence-electron chi connectivity index (χ0n) is 43.2. The first-order valence-electron chi connectivity index (χ1n) is 25.3. The Labute approximate surface area is 457 Å². The zero-order valence-corrected chi connectivity index (χ0v) is 45.0. The predicted octanol–water partition coefficient (Wildman–Crippen LogP) is 0.286. The van der Waals surface area contributed by atoms with Gasteiger partial charge in [-0.3, -0.25) is 38.4 Å². The number of fused-ring (bicyclic) bond motifs is 2. The highest BCUT2D eigenvalue weighted by atomic mass is 32.1. The van der Waals surface area contributed by atoms with Crippen molar-refractivity contribution >= 4 is 94.2 Å². The van der Waals surface area contributed by atoms with Gasteiger partial charge in [-0.1, -0.05) is 86.6 Å². The van der Waals surface area contributed by atoms with Gasteiger partial charge in [0, 0.05) is 41.4 Å². The lowest BCUT2D eigenvalue weighted by Gasteiger charge is -2.29. The van der Waals surface area contributed by atoms with E-state index in [1.54, 1.807) is 38.2 Å². The van der Waals surface area contributed by atoms with Crippen molar-refractivity contribution in [3.05, 3.63) is 114 Å². The van der Waals surface area contributed by atoms with Crippen LogP contribution in [0, 0.1) is 5.92 Å². The molecule has 1 aromatic heterocycles. The van der Waals surface area contributed by atoms with Gasteiger partial charge in [0.25, 0.3) is 0 Å². The van der Waals surface area contributed by atoms with Gasteiger partial charge < -0.3 is 69.6 Å². The Morgan fingerprint density at radius 3 is 1.70 bits per heavy atom. The Hall–Kier alpha value is -7.18. The normalized spacial score (nSPS) is 14.9. The third-order valence-electron chi connectivity index (χ3n) is 12.9. The second-order valence-corrected chi connectivity index (χ2v) is 20.0. The van der Waals surface area contributed by atoms with Crippen molar-refractivity contribution in [1.29, 1.82) is 0 Å². The van der Waals surface area contributed by atoms with Gasteiger partial charge in [0.15, 0.2) is 0 Å². The molecule has 5 aromatic rings. The Balaban J connectivity index is 1.39. The maximum absolute atomic E-state index is 14.8. The molecule has 0 bridgehead atoms. The number of aromatic amines is 1. The number of phenolic OH excluding ortho intramolecular Hbond substituents is 1. The Bertz CT molecular complexity index is 2850. The molecule has 9 atom stereocenters. The van der Waals surface area contributed by atoms with Gasteiger partial charge in [-0.05, 0) is 90.7 Å².